The lowest BCUT2D eigenvalue weighted by molar-refractivity contribution is -0.122. The third-order valence-corrected chi connectivity index (χ3v) is 4.83. The number of benzene rings is 2. The molecule has 0 spiro atoms. The first-order chi connectivity index (χ1) is 12.2. The Bertz CT molecular complexity index is 819. The monoisotopic (exact) mass is 350 g/mol. The first-order valence-electron chi connectivity index (χ1n) is 9.02. The normalized spacial score (nSPS) is 17.5. The van der Waals surface area contributed by atoms with E-state index in [0.717, 1.165) is 16.9 Å². The fourth-order valence-corrected chi connectivity index (χ4v) is 3.23. The molecule has 0 radical (unpaired) electrons. The highest BCUT2D eigenvalue weighted by Crippen LogP contribution is 2.27. The molecule has 0 bridgehead atoms. The summed E-state index contributed by atoms with van der Waals surface area (Å²) in [6.07, 6.45) is 0.250. The number of hydrogen-bond donors (Lipinski definition) is 1. The lowest BCUT2D eigenvalue weighted by Gasteiger charge is -2.19. The zero-order chi connectivity index (χ0) is 18.9. The number of nitrogens with zero attached hydrogens (tertiary/aromatic N) is 1. The number of rotatable bonds is 3. The van der Waals surface area contributed by atoms with E-state index in [4.69, 9.17) is 0 Å². The molecule has 0 saturated carbocycles. The van der Waals surface area contributed by atoms with Gasteiger partial charge in [-0.1, -0.05) is 45.0 Å². The molecule has 0 aromatic heterocycles. The third kappa shape index (κ3) is 3.96. The van der Waals surface area contributed by atoms with E-state index in [1.165, 1.54) is 5.56 Å². The molecule has 1 N–H and O–H groups in total. The van der Waals surface area contributed by atoms with Gasteiger partial charge in [-0.3, -0.25) is 9.59 Å². The number of aryl methyl sites for hydroxylation is 1. The van der Waals surface area contributed by atoms with Crippen molar-refractivity contribution in [3.63, 3.8) is 0 Å². The van der Waals surface area contributed by atoms with Crippen LogP contribution >= 0.6 is 0 Å². The van der Waals surface area contributed by atoms with Crippen LogP contribution in [0, 0.1) is 12.8 Å². The Kier molecular flexibility index (Phi) is 4.86. The minimum Gasteiger partial charge on any atom is -0.326 e. The van der Waals surface area contributed by atoms with E-state index in [9.17, 15) is 9.59 Å². The largest absolute Gasteiger partial charge is 0.326 e. The molecule has 1 atom stereocenters. The van der Waals surface area contributed by atoms with Gasteiger partial charge in [-0.15, -0.1) is 0 Å². The van der Waals surface area contributed by atoms with Crippen molar-refractivity contribution in [3.05, 3.63) is 59.7 Å². The lowest BCUT2D eigenvalue weighted by atomic mass is 9.87. The zero-order valence-electron chi connectivity index (χ0n) is 15.9. The molecule has 1 aliphatic heterocycles. The van der Waals surface area contributed by atoms with Crippen molar-refractivity contribution >= 4 is 23.2 Å². The smallest absolute Gasteiger partial charge is 0.229 e. The third-order valence-electron chi connectivity index (χ3n) is 4.83. The molecule has 0 aliphatic carbocycles. The minimum atomic E-state index is -0.328. The van der Waals surface area contributed by atoms with Crippen LogP contribution in [0.1, 0.15) is 38.3 Å². The van der Waals surface area contributed by atoms with Gasteiger partial charge in [0.15, 0.2) is 0 Å². The Morgan fingerprint density at radius 1 is 1.12 bits per heavy atom. The van der Waals surface area contributed by atoms with Crippen molar-refractivity contribution in [2.75, 3.05) is 16.8 Å². The molecule has 2 aromatic rings. The van der Waals surface area contributed by atoms with Crippen molar-refractivity contribution < 1.29 is 9.59 Å². The number of carbonyl (C=O) groups is 2. The van der Waals surface area contributed by atoms with E-state index in [-0.39, 0.29) is 29.6 Å². The summed E-state index contributed by atoms with van der Waals surface area (Å²) in [6.45, 7) is 8.89. The molecule has 1 saturated heterocycles. The van der Waals surface area contributed by atoms with E-state index in [0.29, 0.717) is 6.54 Å². The van der Waals surface area contributed by atoms with Gasteiger partial charge in [0.2, 0.25) is 11.8 Å². The van der Waals surface area contributed by atoms with Crippen LogP contribution in [0.3, 0.4) is 0 Å². The molecule has 1 aliphatic rings. The van der Waals surface area contributed by atoms with Crippen molar-refractivity contribution in [1.82, 2.24) is 0 Å². The molecule has 26 heavy (non-hydrogen) atoms. The van der Waals surface area contributed by atoms with Crippen LogP contribution in [0.25, 0.3) is 0 Å². The average molecular weight is 350 g/mol. The van der Waals surface area contributed by atoms with Crippen LogP contribution in [0.2, 0.25) is 0 Å². The summed E-state index contributed by atoms with van der Waals surface area (Å²) >= 11 is 0. The van der Waals surface area contributed by atoms with Crippen LogP contribution in [0.5, 0.6) is 0 Å². The van der Waals surface area contributed by atoms with Crippen molar-refractivity contribution in [2.24, 2.45) is 5.92 Å². The van der Waals surface area contributed by atoms with Crippen molar-refractivity contribution in [1.29, 1.82) is 0 Å². The topological polar surface area (TPSA) is 49.4 Å². The standard InChI is InChI=1S/C22H26N2O2/c1-15-6-5-7-19(12-15)24-14-16(13-20(24)25)21(26)23-18-10-8-17(9-11-18)22(2,3)4/h5-12,16H,13-14H2,1-4H3,(H,23,26). The van der Waals surface area contributed by atoms with E-state index >= 15 is 0 Å². The summed E-state index contributed by atoms with van der Waals surface area (Å²) in [5.41, 5.74) is 4.03. The fourth-order valence-electron chi connectivity index (χ4n) is 3.23. The Balaban J connectivity index is 1.67. The van der Waals surface area contributed by atoms with E-state index < -0.39 is 0 Å². The lowest BCUT2D eigenvalue weighted by Crippen LogP contribution is -2.28. The van der Waals surface area contributed by atoms with Gasteiger partial charge in [0, 0.05) is 24.3 Å². The molecule has 3 rings (SSSR count). The van der Waals surface area contributed by atoms with Gasteiger partial charge >= 0.3 is 0 Å². The maximum Gasteiger partial charge on any atom is 0.229 e. The predicted octanol–water partition coefficient (Wildman–Crippen LogP) is 4.28. The quantitative estimate of drug-likeness (QED) is 0.898. The number of nitrogens with one attached hydrogen (secondary N) is 1. The van der Waals surface area contributed by atoms with E-state index in [1.807, 2.05) is 55.5 Å². The predicted molar refractivity (Wildman–Crippen MR) is 105 cm³/mol. The SMILES string of the molecule is Cc1cccc(N2CC(C(=O)Nc3ccc(C(C)(C)C)cc3)CC2=O)c1. The molecular weight excluding hydrogens is 324 g/mol. The Hall–Kier alpha value is -2.62. The van der Waals surface area contributed by atoms with Gasteiger partial charge < -0.3 is 10.2 Å². The summed E-state index contributed by atoms with van der Waals surface area (Å²) in [4.78, 5) is 26.7. The number of anilines is 2. The van der Waals surface area contributed by atoms with Crippen molar-refractivity contribution in [2.45, 2.75) is 39.5 Å². The van der Waals surface area contributed by atoms with Gasteiger partial charge in [0.25, 0.3) is 0 Å². The van der Waals surface area contributed by atoms with Crippen LogP contribution in [0.4, 0.5) is 11.4 Å². The Morgan fingerprint density at radius 3 is 2.42 bits per heavy atom. The first kappa shape index (κ1) is 18.2. The molecule has 1 fully saturated rings. The van der Waals surface area contributed by atoms with Gasteiger partial charge in [-0.05, 0) is 47.7 Å². The summed E-state index contributed by atoms with van der Waals surface area (Å²) in [7, 11) is 0. The Labute approximate surface area is 155 Å². The summed E-state index contributed by atoms with van der Waals surface area (Å²) in [5.74, 6) is -0.429. The van der Waals surface area contributed by atoms with Gasteiger partial charge in [-0.25, -0.2) is 0 Å². The maximum atomic E-state index is 12.6. The molecule has 2 aromatic carbocycles. The average Bonchev–Trinajstić information content (AvgIpc) is 2.96. The maximum absolute atomic E-state index is 12.6. The summed E-state index contributed by atoms with van der Waals surface area (Å²) < 4.78 is 0. The molecular formula is C22H26N2O2. The highest BCUT2D eigenvalue weighted by Gasteiger charge is 2.35. The van der Waals surface area contributed by atoms with Gasteiger partial charge in [0.05, 0.1) is 5.92 Å². The molecule has 4 nitrogen and oxygen atoms in total. The summed E-state index contributed by atoms with van der Waals surface area (Å²) in [5, 5.41) is 2.95. The first-order valence-corrected chi connectivity index (χ1v) is 9.02. The van der Waals surface area contributed by atoms with Gasteiger partial charge in [-0.2, -0.15) is 0 Å². The fraction of sp³-hybridized carbons (Fsp3) is 0.364. The Morgan fingerprint density at radius 2 is 1.81 bits per heavy atom. The number of hydrogen-bond acceptors (Lipinski definition) is 2. The van der Waals surface area contributed by atoms with Crippen LogP contribution in [-0.2, 0) is 15.0 Å². The van der Waals surface area contributed by atoms with Crippen LogP contribution < -0.4 is 10.2 Å². The highest BCUT2D eigenvalue weighted by atomic mass is 16.2. The van der Waals surface area contributed by atoms with Crippen molar-refractivity contribution in [3.8, 4) is 0 Å². The molecule has 2 amide bonds. The second kappa shape index (κ2) is 6.94. The second-order valence-corrected chi connectivity index (χ2v) is 8.06. The van der Waals surface area contributed by atoms with Crippen LogP contribution in [0.15, 0.2) is 48.5 Å². The minimum absolute atomic E-state index is 0.00108. The highest BCUT2D eigenvalue weighted by molar-refractivity contribution is 6.03. The van der Waals surface area contributed by atoms with Crippen LogP contribution in [-0.4, -0.2) is 18.4 Å². The second-order valence-electron chi connectivity index (χ2n) is 8.06. The molecule has 1 unspecified atom stereocenters. The molecule has 1 heterocycles. The zero-order valence-corrected chi connectivity index (χ0v) is 15.9. The molecule has 4 heteroatoms. The summed E-state index contributed by atoms with van der Waals surface area (Å²) in [6, 6.07) is 15.7. The van der Waals surface area contributed by atoms with E-state index in [2.05, 4.69) is 26.1 Å². The number of carbonyl (C=O) groups excluding carboxylic acids is 2. The number of amides is 2. The van der Waals surface area contributed by atoms with E-state index in [1.54, 1.807) is 4.90 Å². The molecule has 136 valence electrons. The van der Waals surface area contributed by atoms with Gasteiger partial charge in [0.1, 0.15) is 0 Å².